The molecule has 0 saturated heterocycles. The Morgan fingerprint density at radius 2 is 2.67 bits per heavy atom. The second-order valence-corrected chi connectivity index (χ2v) is 2.77. The van der Waals surface area contributed by atoms with Crippen LogP contribution < -0.4 is 0 Å². The predicted octanol–water partition coefficient (Wildman–Crippen LogP) is 0.614. The Bertz CT molecular complexity index is 292. The molecule has 0 saturated carbocycles. The minimum Gasteiger partial charge on any atom is -0.373 e. The minimum atomic E-state index is 0.638. The van der Waals surface area contributed by atoms with E-state index in [2.05, 4.69) is 16.8 Å². The fourth-order valence-corrected chi connectivity index (χ4v) is 1.38. The summed E-state index contributed by atoms with van der Waals surface area (Å²) in [6, 6.07) is 0. The summed E-state index contributed by atoms with van der Waals surface area (Å²) in [6.07, 6.45) is 1.85. The quantitative estimate of drug-likeness (QED) is 0.602. The van der Waals surface area contributed by atoms with Gasteiger partial charge in [0.15, 0.2) is 0 Å². The van der Waals surface area contributed by atoms with Gasteiger partial charge in [-0.3, -0.25) is 9.67 Å². The van der Waals surface area contributed by atoms with Crippen LogP contribution >= 0.6 is 0 Å². The second-order valence-electron chi connectivity index (χ2n) is 2.77. The van der Waals surface area contributed by atoms with Crippen LogP contribution in [0.2, 0.25) is 0 Å². The van der Waals surface area contributed by atoms with Crippen LogP contribution in [0.25, 0.3) is 0 Å². The maximum atomic E-state index is 5.32. The summed E-state index contributed by atoms with van der Waals surface area (Å²) in [4.78, 5) is 3.83. The van der Waals surface area contributed by atoms with Gasteiger partial charge in [0, 0.05) is 5.56 Å². The van der Waals surface area contributed by atoms with Crippen LogP contribution in [0.3, 0.4) is 0 Å². The van der Waals surface area contributed by atoms with Crippen molar-refractivity contribution in [2.24, 2.45) is 4.99 Å². The summed E-state index contributed by atoms with van der Waals surface area (Å²) >= 11 is 0. The first-order valence-electron chi connectivity index (χ1n) is 3.95. The van der Waals surface area contributed by atoms with Gasteiger partial charge in [0.2, 0.25) is 0 Å². The van der Waals surface area contributed by atoms with E-state index in [0.717, 1.165) is 24.4 Å². The number of nitrogens with zero attached hydrogens (tertiary/aromatic N) is 3. The lowest BCUT2D eigenvalue weighted by Gasteiger charge is -2.14. The summed E-state index contributed by atoms with van der Waals surface area (Å²) in [7, 11) is 0. The molecule has 64 valence electrons. The van der Waals surface area contributed by atoms with E-state index in [9.17, 15) is 0 Å². The molecule has 0 bridgehead atoms. The van der Waals surface area contributed by atoms with E-state index in [1.807, 2.05) is 10.9 Å². The average Bonchev–Trinajstić information content (AvgIpc) is 2.50. The highest BCUT2D eigenvalue weighted by atomic mass is 16.5. The molecular formula is C8H11N3O. The third-order valence-corrected chi connectivity index (χ3v) is 2.00. The summed E-state index contributed by atoms with van der Waals surface area (Å²) in [5, 5.41) is 4.22. The Kier molecular flexibility index (Phi) is 1.91. The Morgan fingerprint density at radius 1 is 1.75 bits per heavy atom. The van der Waals surface area contributed by atoms with Gasteiger partial charge < -0.3 is 4.74 Å². The highest BCUT2D eigenvalue weighted by Crippen LogP contribution is 2.14. The number of hydrogen-bond acceptors (Lipinski definition) is 3. The van der Waals surface area contributed by atoms with E-state index >= 15 is 0 Å². The first-order valence-corrected chi connectivity index (χ1v) is 3.95. The summed E-state index contributed by atoms with van der Waals surface area (Å²) < 4.78 is 7.29. The molecule has 1 aromatic heterocycles. The molecule has 0 atom stereocenters. The summed E-state index contributed by atoms with van der Waals surface area (Å²) in [5.41, 5.74) is 2.28. The van der Waals surface area contributed by atoms with Crippen LogP contribution in [0.5, 0.6) is 0 Å². The van der Waals surface area contributed by atoms with Crippen LogP contribution in [0.4, 0.5) is 0 Å². The van der Waals surface area contributed by atoms with E-state index < -0.39 is 0 Å². The van der Waals surface area contributed by atoms with Gasteiger partial charge in [-0.05, 0) is 6.72 Å². The van der Waals surface area contributed by atoms with Crippen molar-refractivity contribution in [3.05, 3.63) is 17.5 Å². The topological polar surface area (TPSA) is 39.4 Å². The largest absolute Gasteiger partial charge is 0.373 e. The normalized spacial score (nSPS) is 15.7. The van der Waals surface area contributed by atoms with Crippen LogP contribution in [-0.4, -0.2) is 23.1 Å². The first kappa shape index (κ1) is 7.49. The van der Waals surface area contributed by atoms with E-state index in [1.54, 1.807) is 0 Å². The molecule has 12 heavy (non-hydrogen) atoms. The van der Waals surface area contributed by atoms with E-state index in [0.29, 0.717) is 13.2 Å². The number of aromatic nitrogens is 2. The number of aliphatic imine (C=N–C) groups is 1. The molecule has 4 nitrogen and oxygen atoms in total. The molecule has 0 aliphatic carbocycles. The lowest BCUT2D eigenvalue weighted by Crippen LogP contribution is -2.17. The molecular weight excluding hydrogens is 154 g/mol. The van der Waals surface area contributed by atoms with Crippen molar-refractivity contribution in [2.75, 3.05) is 6.61 Å². The zero-order valence-electron chi connectivity index (χ0n) is 6.86. The van der Waals surface area contributed by atoms with Gasteiger partial charge in [0.05, 0.1) is 38.2 Å². The zero-order chi connectivity index (χ0) is 8.39. The molecule has 2 rings (SSSR count). The number of fused-ring (bicyclic) bond motifs is 1. The highest BCUT2D eigenvalue weighted by Gasteiger charge is 2.13. The van der Waals surface area contributed by atoms with Gasteiger partial charge in [-0.15, -0.1) is 0 Å². The van der Waals surface area contributed by atoms with Gasteiger partial charge in [0.1, 0.15) is 0 Å². The summed E-state index contributed by atoms with van der Waals surface area (Å²) in [5.74, 6) is 0. The molecule has 1 aliphatic heterocycles. The highest BCUT2D eigenvalue weighted by molar-refractivity contribution is 5.26. The smallest absolute Gasteiger partial charge is 0.0889 e. The van der Waals surface area contributed by atoms with Crippen molar-refractivity contribution in [2.45, 2.75) is 19.7 Å². The third kappa shape index (κ3) is 1.14. The van der Waals surface area contributed by atoms with E-state index in [4.69, 9.17) is 4.74 Å². The molecule has 2 heterocycles. The van der Waals surface area contributed by atoms with Crippen LogP contribution in [-0.2, 0) is 24.4 Å². The maximum Gasteiger partial charge on any atom is 0.0889 e. The molecule has 0 spiro atoms. The van der Waals surface area contributed by atoms with Crippen LogP contribution in [0.15, 0.2) is 11.2 Å². The molecule has 0 fully saturated rings. The van der Waals surface area contributed by atoms with Gasteiger partial charge in [0.25, 0.3) is 0 Å². The Labute approximate surface area is 70.9 Å². The van der Waals surface area contributed by atoms with Gasteiger partial charge in [-0.2, -0.15) is 5.10 Å². The monoisotopic (exact) mass is 165 g/mol. The Morgan fingerprint density at radius 3 is 3.50 bits per heavy atom. The molecule has 0 aromatic carbocycles. The fourth-order valence-electron chi connectivity index (χ4n) is 1.38. The average molecular weight is 165 g/mol. The molecule has 4 heteroatoms. The zero-order valence-corrected chi connectivity index (χ0v) is 6.86. The van der Waals surface area contributed by atoms with Gasteiger partial charge in [-0.1, -0.05) is 0 Å². The number of rotatable bonds is 2. The van der Waals surface area contributed by atoms with E-state index in [1.165, 1.54) is 0 Å². The first-order chi connectivity index (χ1) is 5.92. The van der Waals surface area contributed by atoms with Crippen molar-refractivity contribution < 1.29 is 4.74 Å². The molecule has 0 unspecified atom stereocenters. The van der Waals surface area contributed by atoms with Crippen molar-refractivity contribution in [3.63, 3.8) is 0 Å². The van der Waals surface area contributed by atoms with Gasteiger partial charge in [-0.25, -0.2) is 0 Å². The number of ether oxygens (including phenoxy) is 1. The number of hydrogen-bond donors (Lipinski definition) is 0. The Balaban J connectivity index is 2.31. The second kappa shape index (κ2) is 3.06. The molecule has 0 radical (unpaired) electrons. The van der Waals surface area contributed by atoms with Crippen molar-refractivity contribution in [1.82, 2.24) is 9.78 Å². The molecule has 1 aromatic rings. The third-order valence-electron chi connectivity index (χ3n) is 2.00. The van der Waals surface area contributed by atoms with Crippen molar-refractivity contribution >= 4 is 6.72 Å². The predicted molar refractivity (Wildman–Crippen MR) is 45.1 cm³/mol. The molecule has 0 N–H and O–H groups in total. The Hall–Kier alpha value is -1.16. The standard InChI is InChI=1S/C8H11N3O/c1-9-4-7-5-10-11-2-3-12-6-8(7)11/h5H,1-4,6H2. The van der Waals surface area contributed by atoms with Crippen LogP contribution in [0.1, 0.15) is 11.3 Å². The lowest BCUT2D eigenvalue weighted by molar-refractivity contribution is 0.0794. The molecule has 1 aliphatic rings. The summed E-state index contributed by atoms with van der Waals surface area (Å²) in [6.45, 7) is 6.37. The lowest BCUT2D eigenvalue weighted by atomic mass is 10.2. The van der Waals surface area contributed by atoms with Crippen molar-refractivity contribution in [3.8, 4) is 0 Å². The fraction of sp³-hybridized carbons (Fsp3) is 0.500. The van der Waals surface area contributed by atoms with Crippen LogP contribution in [0, 0.1) is 0 Å². The molecule has 0 amide bonds. The van der Waals surface area contributed by atoms with Crippen molar-refractivity contribution in [1.29, 1.82) is 0 Å². The maximum absolute atomic E-state index is 5.32. The van der Waals surface area contributed by atoms with E-state index in [-0.39, 0.29) is 0 Å². The SMILES string of the molecule is C=NCc1cnn2c1COCC2. The minimum absolute atomic E-state index is 0.638. The van der Waals surface area contributed by atoms with Gasteiger partial charge >= 0.3 is 0 Å².